The topological polar surface area (TPSA) is 32.3 Å². The molecule has 3 heteroatoms. The molecule has 0 radical (unpaired) electrons. The lowest BCUT2D eigenvalue weighted by atomic mass is 9.95. The zero-order valence-corrected chi connectivity index (χ0v) is 6.77. The largest absolute Gasteiger partial charge is 0.317 e. The second-order valence-electron chi connectivity index (χ2n) is 3.66. The number of carbonyl (C=O) groups excluding carboxylic acids is 1. The molecule has 1 fully saturated rings. The van der Waals surface area contributed by atoms with Crippen LogP contribution in [0.4, 0.5) is 0 Å². The van der Waals surface area contributed by atoms with Crippen molar-refractivity contribution in [2.45, 2.75) is 20.8 Å². The van der Waals surface area contributed by atoms with Gasteiger partial charge in [-0.3, -0.25) is 10.1 Å². The summed E-state index contributed by atoms with van der Waals surface area (Å²) in [5, 5.41) is 3.02. The fourth-order valence-corrected chi connectivity index (χ4v) is 0.842. The summed E-state index contributed by atoms with van der Waals surface area (Å²) >= 11 is 0. The summed E-state index contributed by atoms with van der Waals surface area (Å²) in [6.07, 6.45) is 0. The number of nitrogens with zero attached hydrogens (tertiary/aromatic N) is 1. The SMILES string of the molecule is CC(C)(C)C(=O)N1CNC1. The van der Waals surface area contributed by atoms with Crippen molar-refractivity contribution >= 4 is 5.91 Å². The van der Waals surface area contributed by atoms with Gasteiger partial charge >= 0.3 is 0 Å². The third-order valence-corrected chi connectivity index (χ3v) is 1.53. The number of hydrogen-bond acceptors (Lipinski definition) is 2. The second-order valence-corrected chi connectivity index (χ2v) is 3.66. The minimum Gasteiger partial charge on any atom is -0.317 e. The molecule has 1 aliphatic rings. The van der Waals surface area contributed by atoms with E-state index < -0.39 is 0 Å². The Labute approximate surface area is 61.4 Å². The van der Waals surface area contributed by atoms with Gasteiger partial charge in [-0.25, -0.2) is 0 Å². The summed E-state index contributed by atoms with van der Waals surface area (Å²) in [6.45, 7) is 7.25. The number of nitrogens with one attached hydrogen (secondary N) is 1. The van der Waals surface area contributed by atoms with E-state index in [0.29, 0.717) is 0 Å². The number of hydrogen-bond donors (Lipinski definition) is 1. The van der Waals surface area contributed by atoms with Crippen LogP contribution in [-0.4, -0.2) is 24.1 Å². The van der Waals surface area contributed by atoms with Crippen LogP contribution in [0.15, 0.2) is 0 Å². The molecule has 3 nitrogen and oxygen atoms in total. The van der Waals surface area contributed by atoms with Crippen molar-refractivity contribution in [3.05, 3.63) is 0 Å². The maximum Gasteiger partial charge on any atom is 0.230 e. The summed E-state index contributed by atoms with van der Waals surface area (Å²) in [6, 6.07) is 0. The number of amides is 1. The number of carbonyl (C=O) groups is 1. The van der Waals surface area contributed by atoms with E-state index in [0.717, 1.165) is 13.3 Å². The lowest BCUT2D eigenvalue weighted by Crippen LogP contribution is -2.57. The third-order valence-electron chi connectivity index (χ3n) is 1.53. The Bertz CT molecular complexity index is 144. The maximum absolute atomic E-state index is 11.3. The van der Waals surface area contributed by atoms with Gasteiger partial charge in [0.15, 0.2) is 0 Å². The van der Waals surface area contributed by atoms with Crippen LogP contribution in [0.1, 0.15) is 20.8 Å². The van der Waals surface area contributed by atoms with Gasteiger partial charge in [-0.05, 0) is 0 Å². The van der Waals surface area contributed by atoms with Crippen molar-refractivity contribution in [2.75, 3.05) is 13.3 Å². The second kappa shape index (κ2) is 2.23. The first-order chi connectivity index (χ1) is 4.52. The Morgan fingerprint density at radius 3 is 2.00 bits per heavy atom. The van der Waals surface area contributed by atoms with Crippen LogP contribution in [0.5, 0.6) is 0 Å². The van der Waals surface area contributed by atoms with E-state index in [4.69, 9.17) is 0 Å². The van der Waals surface area contributed by atoms with E-state index in [9.17, 15) is 4.79 Å². The summed E-state index contributed by atoms with van der Waals surface area (Å²) < 4.78 is 0. The van der Waals surface area contributed by atoms with Gasteiger partial charge in [-0.2, -0.15) is 0 Å². The van der Waals surface area contributed by atoms with E-state index in [-0.39, 0.29) is 11.3 Å². The molecule has 0 saturated carbocycles. The minimum atomic E-state index is -0.220. The fourth-order valence-electron chi connectivity index (χ4n) is 0.842. The van der Waals surface area contributed by atoms with Gasteiger partial charge in [0.2, 0.25) is 5.91 Å². The van der Waals surface area contributed by atoms with Gasteiger partial charge in [0.25, 0.3) is 0 Å². The zero-order valence-electron chi connectivity index (χ0n) is 6.77. The van der Waals surface area contributed by atoms with Crippen molar-refractivity contribution in [1.29, 1.82) is 0 Å². The van der Waals surface area contributed by atoms with E-state index >= 15 is 0 Å². The third kappa shape index (κ3) is 1.29. The van der Waals surface area contributed by atoms with Crippen molar-refractivity contribution in [3.63, 3.8) is 0 Å². The van der Waals surface area contributed by atoms with Crippen LogP contribution in [0.2, 0.25) is 0 Å². The van der Waals surface area contributed by atoms with Crippen molar-refractivity contribution < 1.29 is 4.79 Å². The van der Waals surface area contributed by atoms with E-state index in [1.807, 2.05) is 20.8 Å². The standard InChI is InChI=1S/C7H14N2O/c1-7(2,3)6(10)9-4-8-5-9/h8H,4-5H2,1-3H3. The first-order valence-corrected chi connectivity index (χ1v) is 3.52. The van der Waals surface area contributed by atoms with Gasteiger partial charge in [0, 0.05) is 5.41 Å². The van der Waals surface area contributed by atoms with Crippen molar-refractivity contribution in [2.24, 2.45) is 5.41 Å². The summed E-state index contributed by atoms with van der Waals surface area (Å²) in [5.41, 5.74) is -0.220. The van der Waals surface area contributed by atoms with Crippen LogP contribution < -0.4 is 5.32 Å². The highest BCUT2D eigenvalue weighted by molar-refractivity contribution is 5.81. The molecule has 0 atom stereocenters. The molecule has 1 heterocycles. The predicted octanol–water partition coefficient (Wildman–Crippen LogP) is 0.379. The van der Waals surface area contributed by atoms with E-state index in [1.54, 1.807) is 4.90 Å². The Hall–Kier alpha value is -0.570. The molecule has 1 N–H and O–H groups in total. The van der Waals surface area contributed by atoms with Gasteiger partial charge in [-0.15, -0.1) is 0 Å². The lowest BCUT2D eigenvalue weighted by molar-refractivity contribution is -0.144. The Morgan fingerprint density at radius 1 is 1.40 bits per heavy atom. The molecule has 0 aromatic heterocycles. The van der Waals surface area contributed by atoms with Crippen molar-refractivity contribution in [1.82, 2.24) is 10.2 Å². The molecule has 0 aliphatic carbocycles. The van der Waals surface area contributed by atoms with Gasteiger partial charge in [0.1, 0.15) is 0 Å². The molecule has 1 saturated heterocycles. The van der Waals surface area contributed by atoms with Crippen LogP contribution in [-0.2, 0) is 4.79 Å². The summed E-state index contributed by atoms with van der Waals surface area (Å²) in [4.78, 5) is 13.1. The molecule has 10 heavy (non-hydrogen) atoms. The quantitative estimate of drug-likeness (QED) is 0.530. The molecule has 0 aromatic rings. The van der Waals surface area contributed by atoms with Crippen molar-refractivity contribution in [3.8, 4) is 0 Å². The smallest absolute Gasteiger partial charge is 0.230 e. The highest BCUT2D eigenvalue weighted by atomic mass is 16.2. The highest BCUT2D eigenvalue weighted by Gasteiger charge is 2.29. The normalized spacial score (nSPS) is 18.5. The summed E-state index contributed by atoms with van der Waals surface area (Å²) in [5.74, 6) is 0.228. The molecule has 0 spiro atoms. The van der Waals surface area contributed by atoms with Crippen LogP contribution >= 0.6 is 0 Å². The average molecular weight is 142 g/mol. The Kier molecular flexibility index (Phi) is 1.68. The Balaban J connectivity index is 2.48. The zero-order chi connectivity index (χ0) is 7.78. The molecule has 1 amide bonds. The van der Waals surface area contributed by atoms with Crippen LogP contribution in [0.25, 0.3) is 0 Å². The Morgan fingerprint density at radius 2 is 1.90 bits per heavy atom. The highest BCUT2D eigenvalue weighted by Crippen LogP contribution is 2.17. The van der Waals surface area contributed by atoms with Crippen LogP contribution in [0.3, 0.4) is 0 Å². The van der Waals surface area contributed by atoms with E-state index in [2.05, 4.69) is 5.32 Å². The van der Waals surface area contributed by atoms with Gasteiger partial charge < -0.3 is 4.90 Å². The fraction of sp³-hybridized carbons (Fsp3) is 0.857. The predicted molar refractivity (Wildman–Crippen MR) is 39.2 cm³/mol. The molecule has 0 bridgehead atoms. The molecule has 1 aliphatic heterocycles. The first kappa shape index (κ1) is 7.54. The molecule has 0 unspecified atom stereocenters. The molecule has 0 aromatic carbocycles. The molecule has 1 rings (SSSR count). The molecular formula is C7H14N2O. The molecular weight excluding hydrogens is 128 g/mol. The van der Waals surface area contributed by atoms with E-state index in [1.165, 1.54) is 0 Å². The maximum atomic E-state index is 11.3. The lowest BCUT2D eigenvalue weighted by Gasteiger charge is -2.36. The first-order valence-electron chi connectivity index (χ1n) is 3.52. The monoisotopic (exact) mass is 142 g/mol. The number of rotatable bonds is 0. The molecule has 58 valence electrons. The summed E-state index contributed by atoms with van der Waals surface area (Å²) in [7, 11) is 0. The van der Waals surface area contributed by atoms with Crippen LogP contribution in [0, 0.1) is 5.41 Å². The van der Waals surface area contributed by atoms with Gasteiger partial charge in [-0.1, -0.05) is 20.8 Å². The average Bonchev–Trinajstić information content (AvgIpc) is 1.57. The minimum absolute atomic E-state index is 0.220. The van der Waals surface area contributed by atoms with Gasteiger partial charge in [0.05, 0.1) is 13.3 Å².